The van der Waals surface area contributed by atoms with Gasteiger partial charge in [0.15, 0.2) is 5.96 Å². The van der Waals surface area contributed by atoms with Crippen molar-refractivity contribution in [2.45, 2.75) is 6.54 Å². The Morgan fingerprint density at radius 1 is 1.24 bits per heavy atom. The van der Waals surface area contributed by atoms with E-state index in [1.165, 1.54) is 0 Å². The molecule has 5 nitrogen and oxygen atoms in total. The van der Waals surface area contributed by atoms with Gasteiger partial charge in [0, 0.05) is 40.5 Å². The van der Waals surface area contributed by atoms with Gasteiger partial charge in [-0.3, -0.25) is 0 Å². The van der Waals surface area contributed by atoms with Gasteiger partial charge in [0.25, 0.3) is 0 Å². The molecule has 1 rings (SSSR count). The SMILES string of the molecule is COc1ccc(CN=C(N(C)C)N(C)C)cn1. The van der Waals surface area contributed by atoms with Crippen LogP contribution in [0.5, 0.6) is 5.88 Å². The van der Waals surface area contributed by atoms with Gasteiger partial charge < -0.3 is 14.5 Å². The quantitative estimate of drug-likeness (QED) is 0.581. The van der Waals surface area contributed by atoms with Crippen molar-refractivity contribution in [2.24, 2.45) is 4.99 Å². The van der Waals surface area contributed by atoms with E-state index in [9.17, 15) is 0 Å². The van der Waals surface area contributed by atoms with E-state index in [1.54, 1.807) is 13.3 Å². The predicted molar refractivity (Wildman–Crippen MR) is 69.3 cm³/mol. The number of guanidine groups is 1. The van der Waals surface area contributed by atoms with Gasteiger partial charge in [0.1, 0.15) is 0 Å². The molecule has 0 aromatic carbocycles. The molecule has 0 bridgehead atoms. The van der Waals surface area contributed by atoms with Crippen LogP contribution in [0.1, 0.15) is 5.56 Å². The van der Waals surface area contributed by atoms with Crippen molar-refractivity contribution in [1.82, 2.24) is 14.8 Å². The van der Waals surface area contributed by atoms with Crippen molar-refractivity contribution < 1.29 is 4.74 Å². The van der Waals surface area contributed by atoms with E-state index in [-0.39, 0.29) is 0 Å². The first-order chi connectivity index (χ1) is 8.04. The van der Waals surface area contributed by atoms with Crippen molar-refractivity contribution in [3.8, 4) is 5.88 Å². The monoisotopic (exact) mass is 236 g/mol. The predicted octanol–water partition coefficient (Wildman–Crippen LogP) is 1.07. The van der Waals surface area contributed by atoms with Gasteiger partial charge in [-0.2, -0.15) is 0 Å². The van der Waals surface area contributed by atoms with Gasteiger partial charge in [-0.05, 0) is 5.56 Å². The number of nitrogens with zero attached hydrogens (tertiary/aromatic N) is 4. The maximum absolute atomic E-state index is 5.01. The largest absolute Gasteiger partial charge is 0.481 e. The molecule has 0 fully saturated rings. The van der Waals surface area contributed by atoms with Gasteiger partial charge in [0.05, 0.1) is 13.7 Å². The van der Waals surface area contributed by atoms with Crippen LogP contribution in [0.15, 0.2) is 23.3 Å². The van der Waals surface area contributed by atoms with E-state index in [0.717, 1.165) is 11.5 Å². The lowest BCUT2D eigenvalue weighted by Crippen LogP contribution is -2.35. The Kier molecular flexibility index (Phi) is 4.75. The molecule has 0 aliphatic carbocycles. The van der Waals surface area contributed by atoms with Gasteiger partial charge in [0.2, 0.25) is 5.88 Å². The summed E-state index contributed by atoms with van der Waals surface area (Å²) in [4.78, 5) is 12.6. The summed E-state index contributed by atoms with van der Waals surface area (Å²) in [5, 5.41) is 0. The summed E-state index contributed by atoms with van der Waals surface area (Å²) in [6.45, 7) is 0.614. The summed E-state index contributed by atoms with van der Waals surface area (Å²) in [7, 11) is 9.52. The molecule has 0 aliphatic heterocycles. The molecule has 1 aromatic heterocycles. The lowest BCUT2D eigenvalue weighted by atomic mass is 10.3. The second kappa shape index (κ2) is 6.08. The average molecular weight is 236 g/mol. The summed E-state index contributed by atoms with van der Waals surface area (Å²) in [6, 6.07) is 3.81. The van der Waals surface area contributed by atoms with Gasteiger partial charge in [-0.15, -0.1) is 0 Å². The number of pyridine rings is 1. The third-order valence-corrected chi connectivity index (χ3v) is 2.21. The van der Waals surface area contributed by atoms with E-state index < -0.39 is 0 Å². The van der Waals surface area contributed by atoms with Gasteiger partial charge in [-0.25, -0.2) is 9.98 Å². The third kappa shape index (κ3) is 3.94. The van der Waals surface area contributed by atoms with E-state index in [4.69, 9.17) is 4.74 Å². The van der Waals surface area contributed by atoms with Gasteiger partial charge >= 0.3 is 0 Å². The molecule has 0 saturated heterocycles. The number of aliphatic imine (C=N–C) groups is 1. The fourth-order valence-electron chi connectivity index (χ4n) is 1.47. The fraction of sp³-hybridized carbons (Fsp3) is 0.500. The van der Waals surface area contributed by atoms with Crippen LogP contribution in [-0.2, 0) is 6.54 Å². The number of ether oxygens (including phenoxy) is 1. The number of rotatable bonds is 3. The van der Waals surface area contributed by atoms with Crippen LogP contribution in [-0.4, -0.2) is 56.0 Å². The van der Waals surface area contributed by atoms with Crippen LogP contribution in [0.25, 0.3) is 0 Å². The van der Waals surface area contributed by atoms with Crippen LogP contribution in [0, 0.1) is 0 Å². The number of hydrogen-bond donors (Lipinski definition) is 0. The molecular weight excluding hydrogens is 216 g/mol. The maximum Gasteiger partial charge on any atom is 0.212 e. The Morgan fingerprint density at radius 3 is 2.29 bits per heavy atom. The lowest BCUT2D eigenvalue weighted by Gasteiger charge is -2.22. The third-order valence-electron chi connectivity index (χ3n) is 2.21. The fourth-order valence-corrected chi connectivity index (χ4v) is 1.47. The van der Waals surface area contributed by atoms with Crippen molar-refractivity contribution in [3.05, 3.63) is 23.9 Å². The normalized spacial score (nSPS) is 9.71. The van der Waals surface area contributed by atoms with Crippen LogP contribution >= 0.6 is 0 Å². The first kappa shape index (κ1) is 13.3. The number of hydrogen-bond acceptors (Lipinski definition) is 3. The van der Waals surface area contributed by atoms with Crippen molar-refractivity contribution in [2.75, 3.05) is 35.3 Å². The molecule has 17 heavy (non-hydrogen) atoms. The average Bonchev–Trinajstić information content (AvgIpc) is 2.29. The van der Waals surface area contributed by atoms with Gasteiger partial charge in [-0.1, -0.05) is 6.07 Å². The molecule has 0 spiro atoms. The Balaban J connectivity index is 2.73. The molecule has 0 aliphatic rings. The molecule has 0 amide bonds. The number of aromatic nitrogens is 1. The van der Waals surface area contributed by atoms with E-state index in [0.29, 0.717) is 12.4 Å². The molecule has 5 heteroatoms. The number of methoxy groups -OCH3 is 1. The lowest BCUT2D eigenvalue weighted by molar-refractivity contribution is 0.397. The Bertz CT molecular complexity index is 361. The minimum atomic E-state index is 0.614. The van der Waals surface area contributed by atoms with Crippen LogP contribution in [0.4, 0.5) is 0 Å². The van der Waals surface area contributed by atoms with Crippen molar-refractivity contribution >= 4 is 5.96 Å². The van der Waals surface area contributed by atoms with Crippen molar-refractivity contribution in [1.29, 1.82) is 0 Å². The van der Waals surface area contributed by atoms with Crippen LogP contribution in [0.3, 0.4) is 0 Å². The first-order valence-electron chi connectivity index (χ1n) is 5.42. The zero-order valence-corrected chi connectivity index (χ0v) is 11.1. The highest BCUT2D eigenvalue weighted by Gasteiger charge is 2.03. The molecule has 1 heterocycles. The van der Waals surface area contributed by atoms with E-state index >= 15 is 0 Å². The van der Waals surface area contributed by atoms with Crippen molar-refractivity contribution in [3.63, 3.8) is 0 Å². The van der Waals surface area contributed by atoms with E-state index in [1.807, 2.05) is 50.1 Å². The molecule has 0 atom stereocenters. The summed E-state index contributed by atoms with van der Waals surface area (Å²) in [5.41, 5.74) is 1.06. The molecule has 0 N–H and O–H groups in total. The maximum atomic E-state index is 5.01. The highest BCUT2D eigenvalue weighted by molar-refractivity contribution is 5.79. The Hall–Kier alpha value is -1.78. The molecular formula is C12H20N4O. The summed E-state index contributed by atoms with van der Waals surface area (Å²) >= 11 is 0. The van der Waals surface area contributed by atoms with E-state index in [2.05, 4.69) is 9.98 Å². The second-order valence-corrected chi connectivity index (χ2v) is 4.11. The molecule has 94 valence electrons. The highest BCUT2D eigenvalue weighted by Crippen LogP contribution is 2.07. The zero-order chi connectivity index (χ0) is 12.8. The summed E-state index contributed by atoms with van der Waals surface area (Å²) in [5.74, 6) is 1.55. The summed E-state index contributed by atoms with van der Waals surface area (Å²) in [6.07, 6.45) is 1.78. The molecule has 0 unspecified atom stereocenters. The minimum Gasteiger partial charge on any atom is -0.481 e. The van der Waals surface area contributed by atoms with Crippen LogP contribution < -0.4 is 4.74 Å². The zero-order valence-electron chi connectivity index (χ0n) is 11.1. The minimum absolute atomic E-state index is 0.614. The molecule has 0 saturated carbocycles. The molecule has 0 radical (unpaired) electrons. The summed E-state index contributed by atoms with van der Waals surface area (Å²) < 4.78 is 5.01. The Morgan fingerprint density at radius 2 is 1.88 bits per heavy atom. The van der Waals surface area contributed by atoms with Crippen LogP contribution in [0.2, 0.25) is 0 Å². The Labute approximate surface area is 103 Å². The first-order valence-corrected chi connectivity index (χ1v) is 5.42. The molecule has 1 aromatic rings. The topological polar surface area (TPSA) is 41.0 Å². The second-order valence-electron chi connectivity index (χ2n) is 4.11. The highest BCUT2D eigenvalue weighted by atomic mass is 16.5. The smallest absolute Gasteiger partial charge is 0.212 e. The standard InChI is InChI=1S/C12H20N4O/c1-15(2)12(16(3)4)14-9-10-6-7-11(17-5)13-8-10/h6-8H,9H2,1-5H3.